The van der Waals surface area contributed by atoms with Crippen LogP contribution in [0.5, 0.6) is 0 Å². The van der Waals surface area contributed by atoms with Gasteiger partial charge >= 0.3 is 0 Å². The molecule has 0 bridgehead atoms. The first-order valence-corrected chi connectivity index (χ1v) is 10.3. The van der Waals surface area contributed by atoms with Crippen molar-refractivity contribution >= 4 is 5.96 Å². The van der Waals surface area contributed by atoms with Gasteiger partial charge in [0.2, 0.25) is 0 Å². The lowest BCUT2D eigenvalue weighted by Gasteiger charge is -2.20. The Morgan fingerprint density at radius 2 is 1.84 bits per heavy atom. The lowest BCUT2D eigenvalue weighted by molar-refractivity contribution is 0.130. The highest BCUT2D eigenvalue weighted by Gasteiger charge is 2.11. The topological polar surface area (TPSA) is 52.1 Å². The van der Waals surface area contributed by atoms with Crippen LogP contribution in [0.25, 0.3) is 0 Å². The number of nitrogens with one attached hydrogen (secondary N) is 2. The largest absolute Gasteiger partial charge is 0.381 e. The van der Waals surface area contributed by atoms with E-state index < -0.39 is 0 Å². The molecule has 0 aliphatic carbocycles. The highest BCUT2D eigenvalue weighted by atomic mass is 16.5. The van der Waals surface area contributed by atoms with Crippen molar-refractivity contribution in [1.29, 1.82) is 0 Å². The van der Waals surface area contributed by atoms with Gasteiger partial charge in [0, 0.05) is 45.9 Å². The Morgan fingerprint density at radius 1 is 1.00 bits per heavy atom. The van der Waals surface area contributed by atoms with Crippen LogP contribution in [-0.4, -0.2) is 88.4 Å². The fourth-order valence-corrected chi connectivity index (χ4v) is 2.88. The number of nitrogens with zero attached hydrogens (tertiary/aromatic N) is 3. The molecule has 1 fully saturated rings. The van der Waals surface area contributed by atoms with Gasteiger partial charge in [-0.25, -0.2) is 0 Å². The van der Waals surface area contributed by atoms with Crippen LogP contribution in [-0.2, 0) is 4.74 Å². The number of hydrogen-bond acceptors (Lipinski definition) is 4. The first-order chi connectivity index (χ1) is 12.3. The third kappa shape index (κ3) is 12.2. The van der Waals surface area contributed by atoms with Gasteiger partial charge in [0.15, 0.2) is 5.96 Å². The fourth-order valence-electron chi connectivity index (χ4n) is 2.88. The number of likely N-dealkylation sites (N-methyl/N-ethyl adjacent to an activating group) is 1. The molecule has 1 heterocycles. The van der Waals surface area contributed by atoms with Gasteiger partial charge in [-0.15, -0.1) is 0 Å². The summed E-state index contributed by atoms with van der Waals surface area (Å²) >= 11 is 0. The second kappa shape index (κ2) is 15.4. The average Bonchev–Trinajstić information content (AvgIpc) is 2.82. The summed E-state index contributed by atoms with van der Waals surface area (Å²) in [6.45, 7) is 14.7. The van der Waals surface area contributed by atoms with Crippen molar-refractivity contribution in [2.45, 2.75) is 46.0 Å². The van der Waals surface area contributed by atoms with Crippen LogP contribution in [0.2, 0.25) is 0 Å². The Kier molecular flexibility index (Phi) is 13.7. The number of ether oxygens (including phenoxy) is 1. The molecule has 0 spiro atoms. The van der Waals surface area contributed by atoms with Crippen molar-refractivity contribution in [2.24, 2.45) is 4.99 Å². The van der Waals surface area contributed by atoms with Gasteiger partial charge in [-0.1, -0.05) is 13.3 Å². The number of guanidine groups is 1. The van der Waals surface area contributed by atoms with Crippen LogP contribution in [0.15, 0.2) is 4.99 Å². The molecule has 1 rings (SSSR count). The molecule has 1 aliphatic heterocycles. The van der Waals surface area contributed by atoms with E-state index in [1.165, 1.54) is 45.6 Å². The molecule has 6 heteroatoms. The summed E-state index contributed by atoms with van der Waals surface area (Å²) < 4.78 is 5.58. The van der Waals surface area contributed by atoms with E-state index in [1.54, 1.807) is 0 Å². The maximum Gasteiger partial charge on any atom is 0.191 e. The number of aliphatic imine (C=N–C) groups is 1. The lowest BCUT2D eigenvalue weighted by Crippen LogP contribution is -2.39. The van der Waals surface area contributed by atoms with E-state index in [1.807, 2.05) is 0 Å². The molecule has 1 aliphatic rings. The summed E-state index contributed by atoms with van der Waals surface area (Å²) in [6.07, 6.45) is 5.78. The van der Waals surface area contributed by atoms with Gasteiger partial charge in [-0.3, -0.25) is 4.99 Å². The first kappa shape index (κ1) is 22.2. The Bertz CT molecular complexity index is 338. The number of rotatable bonds is 12. The quantitative estimate of drug-likeness (QED) is 0.317. The fraction of sp³-hybridized carbons (Fsp3) is 0.947. The van der Waals surface area contributed by atoms with Gasteiger partial charge in [0.05, 0.1) is 0 Å². The third-order valence-electron chi connectivity index (χ3n) is 4.46. The Morgan fingerprint density at radius 3 is 2.64 bits per heavy atom. The zero-order valence-electron chi connectivity index (χ0n) is 16.9. The molecule has 0 amide bonds. The van der Waals surface area contributed by atoms with Crippen molar-refractivity contribution in [1.82, 2.24) is 20.4 Å². The minimum atomic E-state index is 0.812. The van der Waals surface area contributed by atoms with E-state index in [0.29, 0.717) is 0 Å². The van der Waals surface area contributed by atoms with E-state index in [-0.39, 0.29) is 0 Å². The normalized spacial score (nSPS) is 17.5. The molecule has 148 valence electrons. The Hall–Kier alpha value is -0.850. The van der Waals surface area contributed by atoms with Crippen molar-refractivity contribution in [3.05, 3.63) is 0 Å². The van der Waals surface area contributed by atoms with Crippen molar-refractivity contribution in [3.8, 4) is 0 Å². The van der Waals surface area contributed by atoms with E-state index in [9.17, 15) is 0 Å². The van der Waals surface area contributed by atoms with Crippen LogP contribution < -0.4 is 10.6 Å². The van der Waals surface area contributed by atoms with Gasteiger partial charge in [0.1, 0.15) is 0 Å². The van der Waals surface area contributed by atoms with Crippen molar-refractivity contribution < 1.29 is 4.74 Å². The van der Waals surface area contributed by atoms with Gasteiger partial charge in [-0.2, -0.15) is 0 Å². The Labute approximate surface area is 155 Å². The molecule has 0 aromatic carbocycles. The van der Waals surface area contributed by atoms with Crippen LogP contribution in [0.4, 0.5) is 0 Å². The molecule has 0 aromatic heterocycles. The summed E-state index contributed by atoms with van der Waals surface area (Å²) in [7, 11) is 2.22. The second-order valence-electron chi connectivity index (χ2n) is 6.86. The van der Waals surface area contributed by atoms with E-state index in [4.69, 9.17) is 4.74 Å². The maximum atomic E-state index is 5.58. The molecule has 0 unspecified atom stereocenters. The monoisotopic (exact) mass is 355 g/mol. The maximum absolute atomic E-state index is 5.58. The molecular formula is C19H41N5O. The van der Waals surface area contributed by atoms with E-state index in [0.717, 1.165) is 58.1 Å². The van der Waals surface area contributed by atoms with Crippen LogP contribution in [0.1, 0.15) is 46.0 Å². The molecule has 0 saturated carbocycles. The second-order valence-corrected chi connectivity index (χ2v) is 6.86. The van der Waals surface area contributed by atoms with Crippen molar-refractivity contribution in [2.75, 3.05) is 72.6 Å². The summed E-state index contributed by atoms with van der Waals surface area (Å²) in [5, 5.41) is 6.78. The molecule has 0 atom stereocenters. The molecule has 2 N–H and O–H groups in total. The van der Waals surface area contributed by atoms with Crippen molar-refractivity contribution in [3.63, 3.8) is 0 Å². The number of hydrogen-bond donors (Lipinski definition) is 2. The van der Waals surface area contributed by atoms with E-state index in [2.05, 4.69) is 46.3 Å². The standard InChI is InChI=1S/C19H41N5O/c1-4-6-17-25-18-8-11-22-19(20-5-2)21-10-7-13-24-14-9-12-23(3)15-16-24/h4-18H2,1-3H3,(H2,20,21,22). The van der Waals surface area contributed by atoms with Crippen LogP contribution in [0, 0.1) is 0 Å². The Balaban J connectivity index is 2.11. The highest BCUT2D eigenvalue weighted by molar-refractivity contribution is 5.79. The third-order valence-corrected chi connectivity index (χ3v) is 4.46. The smallest absolute Gasteiger partial charge is 0.191 e. The average molecular weight is 356 g/mol. The van der Waals surface area contributed by atoms with E-state index >= 15 is 0 Å². The van der Waals surface area contributed by atoms with Crippen LogP contribution >= 0.6 is 0 Å². The first-order valence-electron chi connectivity index (χ1n) is 10.3. The highest BCUT2D eigenvalue weighted by Crippen LogP contribution is 2.01. The zero-order valence-corrected chi connectivity index (χ0v) is 16.9. The zero-order chi connectivity index (χ0) is 18.2. The van der Waals surface area contributed by atoms with Gasteiger partial charge in [0.25, 0.3) is 0 Å². The summed E-state index contributed by atoms with van der Waals surface area (Å²) in [5.41, 5.74) is 0. The summed E-state index contributed by atoms with van der Waals surface area (Å²) in [5.74, 6) is 0.937. The molecule has 25 heavy (non-hydrogen) atoms. The summed E-state index contributed by atoms with van der Waals surface area (Å²) in [6, 6.07) is 0. The summed E-state index contributed by atoms with van der Waals surface area (Å²) in [4.78, 5) is 9.65. The SMILES string of the molecule is CCCCOCCCN=C(NCC)NCCCN1CCCN(C)CC1. The van der Waals surface area contributed by atoms with Gasteiger partial charge in [-0.05, 0) is 59.3 Å². The van der Waals surface area contributed by atoms with Gasteiger partial charge < -0.3 is 25.2 Å². The molecule has 6 nitrogen and oxygen atoms in total. The predicted molar refractivity (Wildman–Crippen MR) is 107 cm³/mol. The molecule has 0 aromatic rings. The minimum absolute atomic E-state index is 0.812. The molecular weight excluding hydrogens is 314 g/mol. The minimum Gasteiger partial charge on any atom is -0.381 e. The molecule has 1 saturated heterocycles. The lowest BCUT2D eigenvalue weighted by atomic mass is 10.3. The number of unbranched alkanes of at least 4 members (excludes halogenated alkanes) is 1. The van der Waals surface area contributed by atoms with Crippen LogP contribution in [0.3, 0.4) is 0 Å². The predicted octanol–water partition coefficient (Wildman–Crippen LogP) is 1.78. The molecule has 0 radical (unpaired) electrons.